The van der Waals surface area contributed by atoms with Gasteiger partial charge in [0, 0.05) is 30.5 Å². The lowest BCUT2D eigenvalue weighted by molar-refractivity contribution is 0.0975. The van der Waals surface area contributed by atoms with Gasteiger partial charge in [0.05, 0.1) is 5.70 Å². The Labute approximate surface area is 190 Å². The second kappa shape index (κ2) is 9.25. The molecule has 0 unspecified atom stereocenters. The lowest BCUT2D eigenvalue weighted by atomic mass is 10.0. The average Bonchev–Trinajstić information content (AvgIpc) is 3.25. The second-order valence-corrected chi connectivity index (χ2v) is 8.49. The number of fused-ring (bicyclic) bond motifs is 1. The summed E-state index contributed by atoms with van der Waals surface area (Å²) in [5.74, 6) is -1.10. The average molecular weight is 447 g/mol. The van der Waals surface area contributed by atoms with Gasteiger partial charge in [0.2, 0.25) is 5.78 Å². The van der Waals surface area contributed by atoms with Gasteiger partial charge in [-0.2, -0.15) is 0 Å². The summed E-state index contributed by atoms with van der Waals surface area (Å²) >= 11 is 0.950. The molecule has 32 heavy (non-hydrogen) atoms. The normalized spacial score (nSPS) is 13.0. The molecule has 0 fully saturated rings. The van der Waals surface area contributed by atoms with Crippen molar-refractivity contribution in [2.24, 2.45) is 0 Å². The van der Waals surface area contributed by atoms with E-state index in [2.05, 4.69) is 10.3 Å². The first kappa shape index (κ1) is 21.6. The van der Waals surface area contributed by atoms with Crippen LogP contribution in [0, 0.1) is 0 Å². The Morgan fingerprint density at radius 3 is 2.12 bits per heavy atom. The van der Waals surface area contributed by atoms with Crippen LogP contribution in [-0.4, -0.2) is 54.5 Å². The standard InChI is InChI=1S/C24H22N4O3S/c1-27(2)14-13-25-18-15-19(29)22-20(21(18)30)26-23(32-22)24(31)28(16-9-5-3-6-10-16)17-11-7-4-8-12-17/h3-12,15,25H,13-14H2,1-2H3. The van der Waals surface area contributed by atoms with Crippen molar-refractivity contribution in [1.82, 2.24) is 15.2 Å². The molecule has 1 heterocycles. The highest BCUT2D eigenvalue weighted by atomic mass is 32.1. The molecule has 0 saturated heterocycles. The van der Waals surface area contributed by atoms with Crippen LogP contribution in [0.5, 0.6) is 0 Å². The number of rotatable bonds is 7. The Morgan fingerprint density at radius 1 is 0.969 bits per heavy atom. The van der Waals surface area contributed by atoms with E-state index in [1.54, 1.807) is 0 Å². The Morgan fingerprint density at radius 2 is 1.56 bits per heavy atom. The van der Waals surface area contributed by atoms with Crippen LogP contribution in [-0.2, 0) is 0 Å². The molecule has 7 nitrogen and oxygen atoms in total. The minimum Gasteiger partial charge on any atom is -0.380 e. The molecule has 8 heteroatoms. The zero-order chi connectivity index (χ0) is 22.7. The molecule has 162 valence electrons. The van der Waals surface area contributed by atoms with Crippen molar-refractivity contribution in [2.75, 3.05) is 32.1 Å². The summed E-state index contributed by atoms with van der Waals surface area (Å²) in [7, 11) is 3.84. The number of anilines is 2. The van der Waals surface area contributed by atoms with E-state index in [1.807, 2.05) is 79.7 Å². The Hall–Kier alpha value is -3.62. The first-order valence-electron chi connectivity index (χ1n) is 10.1. The molecule has 0 spiro atoms. The van der Waals surface area contributed by atoms with E-state index in [0.717, 1.165) is 11.3 Å². The van der Waals surface area contributed by atoms with Gasteiger partial charge in [0.15, 0.2) is 10.8 Å². The molecule has 0 aliphatic heterocycles. The molecule has 2 aromatic carbocycles. The number of Topliss-reactive ketones (excluding diaryl/α,β-unsaturated/α-hetero) is 1. The van der Waals surface area contributed by atoms with E-state index in [4.69, 9.17) is 0 Å². The van der Waals surface area contributed by atoms with Crippen molar-refractivity contribution in [2.45, 2.75) is 0 Å². The van der Waals surface area contributed by atoms with Gasteiger partial charge >= 0.3 is 0 Å². The molecule has 1 aliphatic carbocycles. The predicted octanol–water partition coefficient (Wildman–Crippen LogP) is 3.54. The predicted molar refractivity (Wildman–Crippen MR) is 125 cm³/mol. The Kier molecular flexibility index (Phi) is 6.25. The van der Waals surface area contributed by atoms with Crippen molar-refractivity contribution >= 4 is 40.2 Å². The largest absolute Gasteiger partial charge is 0.380 e. The SMILES string of the molecule is CN(C)CCNC1=CC(=O)c2sc(C(=O)N(c3ccccc3)c3ccccc3)nc2C1=O. The van der Waals surface area contributed by atoms with Crippen LogP contribution in [0.2, 0.25) is 0 Å². The van der Waals surface area contributed by atoms with Crippen molar-refractivity contribution in [3.63, 3.8) is 0 Å². The Balaban J connectivity index is 1.66. The fraction of sp³-hybridized carbons (Fsp3) is 0.167. The third kappa shape index (κ3) is 4.37. The van der Waals surface area contributed by atoms with Crippen LogP contribution >= 0.6 is 11.3 Å². The highest BCUT2D eigenvalue weighted by Crippen LogP contribution is 2.31. The number of nitrogens with zero attached hydrogens (tertiary/aromatic N) is 3. The fourth-order valence-corrected chi connectivity index (χ4v) is 4.20. The molecule has 1 N–H and O–H groups in total. The van der Waals surface area contributed by atoms with Gasteiger partial charge in [-0.3, -0.25) is 19.3 Å². The number of hydrogen-bond acceptors (Lipinski definition) is 7. The summed E-state index contributed by atoms with van der Waals surface area (Å²) in [5, 5.41) is 3.10. The topological polar surface area (TPSA) is 82.6 Å². The van der Waals surface area contributed by atoms with Crippen molar-refractivity contribution < 1.29 is 14.4 Å². The summed E-state index contributed by atoms with van der Waals surface area (Å²) in [5.41, 5.74) is 1.56. The second-order valence-electron chi connectivity index (χ2n) is 7.49. The van der Waals surface area contributed by atoms with Gasteiger partial charge < -0.3 is 10.2 Å². The number of nitrogens with one attached hydrogen (secondary N) is 1. The van der Waals surface area contributed by atoms with Crippen LogP contribution in [0.1, 0.15) is 30.0 Å². The third-order valence-corrected chi connectivity index (χ3v) is 5.93. The number of carbonyl (C=O) groups is 3. The minimum absolute atomic E-state index is 0.0271. The van der Waals surface area contributed by atoms with Gasteiger partial charge in [-0.15, -0.1) is 11.3 Å². The zero-order valence-corrected chi connectivity index (χ0v) is 18.6. The summed E-state index contributed by atoms with van der Waals surface area (Å²) < 4.78 is 0. The minimum atomic E-state index is -0.399. The quantitative estimate of drug-likeness (QED) is 0.598. The molecule has 1 amide bonds. The maximum atomic E-state index is 13.5. The highest BCUT2D eigenvalue weighted by molar-refractivity contribution is 7.16. The van der Waals surface area contributed by atoms with Crippen LogP contribution in [0.4, 0.5) is 11.4 Å². The first-order valence-corrected chi connectivity index (χ1v) is 10.9. The van der Waals surface area contributed by atoms with Crippen LogP contribution in [0.15, 0.2) is 72.4 Å². The number of hydrogen-bond donors (Lipinski definition) is 1. The number of para-hydroxylation sites is 2. The molecule has 1 aromatic heterocycles. The molecule has 0 saturated carbocycles. The van der Waals surface area contributed by atoms with E-state index < -0.39 is 5.91 Å². The van der Waals surface area contributed by atoms with Gasteiger partial charge in [-0.1, -0.05) is 36.4 Å². The summed E-state index contributed by atoms with van der Waals surface area (Å²) in [6.07, 6.45) is 1.29. The van der Waals surface area contributed by atoms with Crippen molar-refractivity contribution in [3.05, 3.63) is 88.0 Å². The van der Waals surface area contributed by atoms with E-state index in [9.17, 15) is 14.4 Å². The molecule has 0 radical (unpaired) electrons. The zero-order valence-electron chi connectivity index (χ0n) is 17.7. The summed E-state index contributed by atoms with van der Waals surface area (Å²) in [6.45, 7) is 1.22. The summed E-state index contributed by atoms with van der Waals surface area (Å²) in [4.78, 5) is 47.1. The van der Waals surface area contributed by atoms with E-state index in [-0.39, 0.29) is 32.8 Å². The van der Waals surface area contributed by atoms with Gasteiger partial charge in [-0.25, -0.2) is 4.98 Å². The molecule has 1 aliphatic rings. The number of aromatic nitrogens is 1. The molecule has 4 rings (SSSR count). The van der Waals surface area contributed by atoms with Crippen LogP contribution in [0.3, 0.4) is 0 Å². The van der Waals surface area contributed by atoms with Crippen LogP contribution < -0.4 is 10.2 Å². The Bertz CT molecular complexity index is 1150. The number of benzene rings is 2. The third-order valence-electron chi connectivity index (χ3n) is 4.88. The van der Waals surface area contributed by atoms with Crippen molar-refractivity contribution in [1.29, 1.82) is 0 Å². The highest BCUT2D eigenvalue weighted by Gasteiger charge is 2.33. The lowest BCUT2D eigenvalue weighted by Gasteiger charge is -2.21. The van der Waals surface area contributed by atoms with Crippen LogP contribution in [0.25, 0.3) is 0 Å². The van der Waals surface area contributed by atoms with E-state index in [1.165, 1.54) is 11.0 Å². The van der Waals surface area contributed by atoms with Crippen molar-refractivity contribution in [3.8, 4) is 0 Å². The molecule has 3 aromatic rings. The molecular formula is C24H22N4O3S. The maximum Gasteiger partial charge on any atom is 0.291 e. The van der Waals surface area contributed by atoms with Gasteiger partial charge in [0.25, 0.3) is 5.91 Å². The number of thiazole rings is 1. The number of likely N-dealkylation sites (N-methyl/N-ethyl adjacent to an activating group) is 1. The number of amides is 1. The monoisotopic (exact) mass is 446 g/mol. The van der Waals surface area contributed by atoms with E-state index >= 15 is 0 Å². The number of carbonyl (C=O) groups excluding carboxylic acids is 3. The number of ketones is 2. The molecular weight excluding hydrogens is 424 g/mol. The maximum absolute atomic E-state index is 13.5. The van der Waals surface area contributed by atoms with E-state index in [0.29, 0.717) is 24.5 Å². The first-order chi connectivity index (χ1) is 15.5. The smallest absolute Gasteiger partial charge is 0.291 e. The fourth-order valence-electron chi connectivity index (χ4n) is 3.30. The number of allylic oxidation sites excluding steroid dienone is 2. The molecule has 0 atom stereocenters. The van der Waals surface area contributed by atoms with Gasteiger partial charge in [0.1, 0.15) is 10.6 Å². The summed E-state index contributed by atoms with van der Waals surface area (Å²) in [6, 6.07) is 18.4. The molecule has 0 bridgehead atoms. The van der Waals surface area contributed by atoms with Gasteiger partial charge in [-0.05, 0) is 38.4 Å². The lowest BCUT2D eigenvalue weighted by Crippen LogP contribution is -2.31.